The first kappa shape index (κ1) is 13.6. The molecule has 0 aromatic heterocycles. The quantitative estimate of drug-likeness (QED) is 0.893. The predicted molar refractivity (Wildman–Crippen MR) is 84.2 cm³/mol. The van der Waals surface area contributed by atoms with E-state index in [9.17, 15) is 5.11 Å². The first-order chi connectivity index (χ1) is 10.1. The number of nitrogens with zero attached hydrogens (tertiary/aromatic N) is 1. The first-order valence-electron chi connectivity index (χ1n) is 8.41. The van der Waals surface area contributed by atoms with Crippen molar-refractivity contribution in [2.24, 2.45) is 11.8 Å². The standard InChI is InChI=1S/C18H26N2O/c1-18(15-6-7-15)12-19-17(14-4-5-14)11-20(18)10-13-2-8-16(21)9-3-13/h2-3,8-9,14-15,17,19,21H,4-7,10-12H2,1H3. The van der Waals surface area contributed by atoms with E-state index in [1.807, 2.05) is 12.1 Å². The van der Waals surface area contributed by atoms with Gasteiger partial charge in [-0.25, -0.2) is 0 Å². The Balaban J connectivity index is 1.53. The Morgan fingerprint density at radius 3 is 2.52 bits per heavy atom. The summed E-state index contributed by atoms with van der Waals surface area (Å²) in [5, 5.41) is 13.3. The minimum atomic E-state index is 0.309. The zero-order chi connectivity index (χ0) is 14.4. The van der Waals surface area contributed by atoms with Crippen molar-refractivity contribution in [1.29, 1.82) is 0 Å². The van der Waals surface area contributed by atoms with Crippen LogP contribution in [0.3, 0.4) is 0 Å². The molecule has 1 saturated heterocycles. The number of nitrogens with one attached hydrogen (secondary N) is 1. The van der Waals surface area contributed by atoms with Gasteiger partial charge in [0.25, 0.3) is 0 Å². The van der Waals surface area contributed by atoms with Gasteiger partial charge in [0.05, 0.1) is 0 Å². The Labute approximate surface area is 127 Å². The number of hydrogen-bond donors (Lipinski definition) is 2. The summed E-state index contributed by atoms with van der Waals surface area (Å²) in [7, 11) is 0. The van der Waals surface area contributed by atoms with Crippen LogP contribution in [0.15, 0.2) is 24.3 Å². The van der Waals surface area contributed by atoms with Crippen molar-refractivity contribution < 1.29 is 5.11 Å². The number of piperazine rings is 1. The second-order valence-corrected chi connectivity index (χ2v) is 7.50. The lowest BCUT2D eigenvalue weighted by Crippen LogP contribution is -2.64. The normalized spacial score (nSPS) is 34.0. The van der Waals surface area contributed by atoms with E-state index < -0.39 is 0 Å². The van der Waals surface area contributed by atoms with Gasteiger partial charge in [-0.3, -0.25) is 4.90 Å². The van der Waals surface area contributed by atoms with Crippen LogP contribution >= 0.6 is 0 Å². The average molecular weight is 286 g/mol. The topological polar surface area (TPSA) is 35.5 Å². The molecule has 3 heteroatoms. The summed E-state index contributed by atoms with van der Waals surface area (Å²) in [6.07, 6.45) is 5.59. The number of hydrogen-bond acceptors (Lipinski definition) is 3. The zero-order valence-corrected chi connectivity index (χ0v) is 12.9. The van der Waals surface area contributed by atoms with E-state index in [0.29, 0.717) is 17.3 Å². The summed E-state index contributed by atoms with van der Waals surface area (Å²) in [6.45, 7) is 5.77. The van der Waals surface area contributed by atoms with Gasteiger partial charge in [0.1, 0.15) is 5.75 Å². The van der Waals surface area contributed by atoms with E-state index in [1.165, 1.54) is 37.8 Å². The molecule has 4 rings (SSSR count). The molecule has 2 atom stereocenters. The van der Waals surface area contributed by atoms with Gasteiger partial charge in [-0.1, -0.05) is 12.1 Å². The summed E-state index contributed by atoms with van der Waals surface area (Å²) in [5.41, 5.74) is 1.62. The lowest BCUT2D eigenvalue weighted by molar-refractivity contribution is 0.0234. The molecule has 0 radical (unpaired) electrons. The highest BCUT2D eigenvalue weighted by Crippen LogP contribution is 2.46. The van der Waals surface area contributed by atoms with E-state index in [-0.39, 0.29) is 0 Å². The maximum atomic E-state index is 9.46. The zero-order valence-electron chi connectivity index (χ0n) is 12.9. The molecule has 114 valence electrons. The fraction of sp³-hybridized carbons (Fsp3) is 0.667. The van der Waals surface area contributed by atoms with Crippen molar-refractivity contribution in [3.8, 4) is 5.75 Å². The molecule has 2 unspecified atom stereocenters. The van der Waals surface area contributed by atoms with Gasteiger partial charge < -0.3 is 10.4 Å². The Kier molecular flexibility index (Phi) is 3.23. The third-order valence-electron chi connectivity index (χ3n) is 5.82. The molecular formula is C18H26N2O. The van der Waals surface area contributed by atoms with Gasteiger partial charge in [0.15, 0.2) is 0 Å². The molecule has 1 aliphatic heterocycles. The summed E-state index contributed by atoms with van der Waals surface area (Å²) >= 11 is 0. The molecule has 2 aliphatic carbocycles. The van der Waals surface area contributed by atoms with Crippen LogP contribution in [-0.4, -0.2) is 34.7 Å². The highest BCUT2D eigenvalue weighted by atomic mass is 16.3. The number of benzene rings is 1. The predicted octanol–water partition coefficient (Wildman–Crippen LogP) is 2.74. The first-order valence-corrected chi connectivity index (χ1v) is 8.41. The molecule has 1 heterocycles. The van der Waals surface area contributed by atoms with Crippen LogP contribution in [-0.2, 0) is 6.54 Å². The second kappa shape index (κ2) is 4.99. The SMILES string of the molecule is CC1(C2CC2)CNC(C2CC2)CN1Cc1ccc(O)cc1. The molecule has 3 fully saturated rings. The Hall–Kier alpha value is -1.06. The largest absolute Gasteiger partial charge is 0.508 e. The third-order valence-corrected chi connectivity index (χ3v) is 5.82. The van der Waals surface area contributed by atoms with Crippen molar-refractivity contribution in [2.45, 2.75) is 50.7 Å². The molecule has 1 aromatic carbocycles. The van der Waals surface area contributed by atoms with Crippen LogP contribution in [0.25, 0.3) is 0 Å². The highest BCUT2D eigenvalue weighted by Gasteiger charge is 2.49. The smallest absolute Gasteiger partial charge is 0.115 e. The van der Waals surface area contributed by atoms with Gasteiger partial charge in [-0.2, -0.15) is 0 Å². The van der Waals surface area contributed by atoms with Crippen molar-refractivity contribution in [1.82, 2.24) is 10.2 Å². The summed E-state index contributed by atoms with van der Waals surface area (Å²) < 4.78 is 0. The van der Waals surface area contributed by atoms with Crippen molar-refractivity contribution >= 4 is 0 Å². The fourth-order valence-corrected chi connectivity index (χ4v) is 3.95. The van der Waals surface area contributed by atoms with Gasteiger partial charge >= 0.3 is 0 Å². The van der Waals surface area contributed by atoms with E-state index in [1.54, 1.807) is 0 Å². The maximum Gasteiger partial charge on any atom is 0.115 e. The minimum absolute atomic E-state index is 0.309. The molecule has 1 aromatic rings. The van der Waals surface area contributed by atoms with E-state index >= 15 is 0 Å². The Bertz CT molecular complexity index is 506. The molecule has 21 heavy (non-hydrogen) atoms. The number of aromatic hydroxyl groups is 1. The Morgan fingerprint density at radius 1 is 1.19 bits per heavy atom. The fourth-order valence-electron chi connectivity index (χ4n) is 3.95. The lowest BCUT2D eigenvalue weighted by Gasteiger charge is -2.49. The molecular weight excluding hydrogens is 260 g/mol. The average Bonchev–Trinajstić information content (AvgIpc) is 3.36. The van der Waals surface area contributed by atoms with Gasteiger partial charge in [0.2, 0.25) is 0 Å². The molecule has 0 amide bonds. The van der Waals surface area contributed by atoms with Crippen molar-refractivity contribution in [2.75, 3.05) is 13.1 Å². The lowest BCUT2D eigenvalue weighted by atomic mass is 9.88. The molecule has 0 bridgehead atoms. The number of phenolic OH excluding ortho intramolecular Hbond substituents is 1. The molecule has 2 N–H and O–H groups in total. The van der Waals surface area contributed by atoms with Crippen molar-refractivity contribution in [3.05, 3.63) is 29.8 Å². The van der Waals surface area contributed by atoms with E-state index in [4.69, 9.17) is 0 Å². The van der Waals surface area contributed by atoms with Gasteiger partial charge in [0, 0.05) is 31.2 Å². The minimum Gasteiger partial charge on any atom is -0.508 e. The van der Waals surface area contributed by atoms with Crippen LogP contribution in [0.2, 0.25) is 0 Å². The number of rotatable bonds is 4. The monoisotopic (exact) mass is 286 g/mol. The second-order valence-electron chi connectivity index (χ2n) is 7.50. The van der Waals surface area contributed by atoms with Crippen LogP contribution < -0.4 is 5.32 Å². The number of phenols is 1. The summed E-state index contributed by atoms with van der Waals surface area (Å²) in [6, 6.07) is 8.44. The Morgan fingerprint density at radius 2 is 1.90 bits per heavy atom. The molecule has 0 spiro atoms. The van der Waals surface area contributed by atoms with E-state index in [2.05, 4.69) is 29.3 Å². The van der Waals surface area contributed by atoms with Crippen LogP contribution in [0, 0.1) is 11.8 Å². The third kappa shape index (κ3) is 2.69. The highest BCUT2D eigenvalue weighted by molar-refractivity contribution is 5.26. The van der Waals surface area contributed by atoms with Crippen molar-refractivity contribution in [3.63, 3.8) is 0 Å². The molecule has 3 aliphatic rings. The van der Waals surface area contributed by atoms with Gasteiger partial charge in [-0.15, -0.1) is 0 Å². The summed E-state index contributed by atoms with van der Waals surface area (Å²) in [4.78, 5) is 2.72. The van der Waals surface area contributed by atoms with Gasteiger partial charge in [-0.05, 0) is 62.1 Å². The van der Waals surface area contributed by atoms with Crippen LogP contribution in [0.4, 0.5) is 0 Å². The summed E-state index contributed by atoms with van der Waals surface area (Å²) in [5.74, 6) is 2.14. The molecule has 2 saturated carbocycles. The van der Waals surface area contributed by atoms with E-state index in [0.717, 1.165) is 24.9 Å². The molecule has 3 nitrogen and oxygen atoms in total. The van der Waals surface area contributed by atoms with Crippen LogP contribution in [0.5, 0.6) is 5.75 Å². The maximum absolute atomic E-state index is 9.46. The van der Waals surface area contributed by atoms with Crippen LogP contribution in [0.1, 0.15) is 38.2 Å².